The zero-order valence-corrected chi connectivity index (χ0v) is 21.6. The largest absolute Gasteiger partial charge is 0.497 e. The van der Waals surface area contributed by atoms with Gasteiger partial charge in [0.25, 0.3) is 11.8 Å². The van der Waals surface area contributed by atoms with Gasteiger partial charge in [0, 0.05) is 30.9 Å². The number of carbonyl (C=O) groups is 2. The maximum atomic E-state index is 12.8. The van der Waals surface area contributed by atoms with E-state index in [0.29, 0.717) is 49.2 Å². The van der Waals surface area contributed by atoms with E-state index in [9.17, 15) is 14.7 Å². The van der Waals surface area contributed by atoms with E-state index >= 15 is 0 Å². The zero-order chi connectivity index (χ0) is 26.6. The molecule has 0 saturated carbocycles. The van der Waals surface area contributed by atoms with E-state index in [1.165, 1.54) is 13.8 Å². The Morgan fingerprint density at radius 2 is 1.95 bits per heavy atom. The second-order valence-corrected chi connectivity index (χ2v) is 9.88. The van der Waals surface area contributed by atoms with Gasteiger partial charge in [-0.3, -0.25) is 9.59 Å². The summed E-state index contributed by atoms with van der Waals surface area (Å²) in [6.45, 7) is 6.94. The number of piperidine rings is 1. The summed E-state index contributed by atoms with van der Waals surface area (Å²) in [5.41, 5.74) is 1.17. The number of ether oxygens (including phenoxy) is 1. The fourth-order valence-electron chi connectivity index (χ4n) is 4.34. The number of benzene rings is 1. The highest BCUT2D eigenvalue weighted by atomic mass is 16.5. The SMILES string of the molecule is COc1cccc(CNC(=O)c2cc(-c3nnn(CC4CCN(C(=O)C(C)(C)O)CC4)n3)cc(C)n2)c1. The molecular formula is C26H33N7O4. The lowest BCUT2D eigenvalue weighted by atomic mass is 9.95. The predicted octanol–water partition coefficient (Wildman–Crippen LogP) is 1.99. The van der Waals surface area contributed by atoms with E-state index in [1.807, 2.05) is 37.3 Å². The number of methoxy groups -OCH3 is 1. The Morgan fingerprint density at radius 1 is 1.19 bits per heavy atom. The Kier molecular flexibility index (Phi) is 7.82. The van der Waals surface area contributed by atoms with Gasteiger partial charge in [-0.1, -0.05) is 12.1 Å². The highest BCUT2D eigenvalue weighted by Gasteiger charge is 2.32. The number of carbonyl (C=O) groups excluding carboxylic acids is 2. The molecule has 4 rings (SSSR count). The van der Waals surface area contributed by atoms with Crippen molar-refractivity contribution in [3.05, 3.63) is 53.3 Å². The fourth-order valence-corrected chi connectivity index (χ4v) is 4.34. The number of hydrogen-bond acceptors (Lipinski definition) is 8. The summed E-state index contributed by atoms with van der Waals surface area (Å²) >= 11 is 0. The Hall–Kier alpha value is -3.86. The van der Waals surface area contributed by atoms with Gasteiger partial charge in [-0.2, -0.15) is 4.80 Å². The Morgan fingerprint density at radius 3 is 2.65 bits per heavy atom. The van der Waals surface area contributed by atoms with Crippen LogP contribution in [0.5, 0.6) is 5.75 Å². The quantitative estimate of drug-likeness (QED) is 0.473. The minimum atomic E-state index is -1.36. The van der Waals surface area contributed by atoms with Crippen molar-refractivity contribution < 1.29 is 19.4 Å². The molecule has 1 fully saturated rings. The van der Waals surface area contributed by atoms with E-state index in [0.717, 1.165) is 24.2 Å². The van der Waals surface area contributed by atoms with Crippen molar-refractivity contribution in [2.75, 3.05) is 20.2 Å². The molecule has 3 aromatic rings. The Balaban J connectivity index is 1.37. The number of hydrogen-bond donors (Lipinski definition) is 2. The molecule has 0 radical (unpaired) electrons. The van der Waals surface area contributed by atoms with Gasteiger partial charge in [0.05, 0.1) is 13.7 Å². The van der Waals surface area contributed by atoms with Crippen LogP contribution in [0.25, 0.3) is 11.4 Å². The van der Waals surface area contributed by atoms with Crippen LogP contribution in [0, 0.1) is 12.8 Å². The van der Waals surface area contributed by atoms with Gasteiger partial charge in [-0.05, 0) is 74.6 Å². The molecule has 2 amide bonds. The van der Waals surface area contributed by atoms with Crippen molar-refractivity contribution in [1.82, 2.24) is 35.4 Å². The van der Waals surface area contributed by atoms with Crippen LogP contribution in [0.15, 0.2) is 36.4 Å². The van der Waals surface area contributed by atoms with E-state index in [1.54, 1.807) is 22.9 Å². The van der Waals surface area contributed by atoms with Crippen molar-refractivity contribution in [2.45, 2.75) is 52.3 Å². The third-order valence-electron chi connectivity index (χ3n) is 6.33. The molecule has 1 aliphatic heterocycles. The molecule has 1 saturated heterocycles. The van der Waals surface area contributed by atoms with Gasteiger partial charge in [0.1, 0.15) is 17.0 Å². The molecule has 2 aromatic heterocycles. The average molecular weight is 508 g/mol. The number of amides is 2. The van der Waals surface area contributed by atoms with Crippen LogP contribution in [-0.2, 0) is 17.9 Å². The third kappa shape index (κ3) is 6.67. The first-order valence-corrected chi connectivity index (χ1v) is 12.3. The molecule has 0 bridgehead atoms. The summed E-state index contributed by atoms with van der Waals surface area (Å²) in [5, 5.41) is 25.8. The minimum Gasteiger partial charge on any atom is -0.497 e. The zero-order valence-electron chi connectivity index (χ0n) is 21.6. The van der Waals surface area contributed by atoms with Crippen LogP contribution < -0.4 is 10.1 Å². The van der Waals surface area contributed by atoms with Crippen LogP contribution in [0.2, 0.25) is 0 Å². The van der Waals surface area contributed by atoms with Crippen LogP contribution >= 0.6 is 0 Å². The maximum Gasteiger partial charge on any atom is 0.270 e. The van der Waals surface area contributed by atoms with Gasteiger partial charge < -0.3 is 20.1 Å². The summed E-state index contributed by atoms with van der Waals surface area (Å²) in [4.78, 5) is 32.7. The molecule has 0 aliphatic carbocycles. The van der Waals surface area contributed by atoms with Crippen molar-refractivity contribution >= 4 is 11.8 Å². The van der Waals surface area contributed by atoms with Gasteiger partial charge >= 0.3 is 0 Å². The van der Waals surface area contributed by atoms with Crippen LogP contribution in [0.1, 0.15) is 48.4 Å². The van der Waals surface area contributed by atoms with Gasteiger partial charge in [-0.15, -0.1) is 10.2 Å². The first-order chi connectivity index (χ1) is 17.6. The standard InChI is InChI=1S/C26H33N7O4/c1-17-12-20(14-22(28-17)24(34)27-15-19-6-5-7-21(13-19)37-4)23-29-31-33(30-23)16-18-8-10-32(11-9-18)25(35)26(2,3)36/h5-7,12-14,18,36H,8-11,15-16H2,1-4H3,(H,27,34). The molecule has 1 aliphatic rings. The smallest absolute Gasteiger partial charge is 0.270 e. The molecule has 11 heteroatoms. The lowest BCUT2D eigenvalue weighted by molar-refractivity contribution is -0.149. The number of nitrogens with one attached hydrogen (secondary N) is 1. The molecule has 0 unspecified atom stereocenters. The van der Waals surface area contributed by atoms with E-state index in [4.69, 9.17) is 4.74 Å². The van der Waals surface area contributed by atoms with Crippen molar-refractivity contribution in [3.8, 4) is 17.1 Å². The summed E-state index contributed by atoms with van der Waals surface area (Å²) in [6, 6.07) is 11.0. The number of aromatic nitrogens is 5. The summed E-state index contributed by atoms with van der Waals surface area (Å²) in [6.07, 6.45) is 1.59. The number of tetrazole rings is 1. The number of likely N-dealkylation sites (tertiary alicyclic amines) is 1. The van der Waals surface area contributed by atoms with E-state index < -0.39 is 5.60 Å². The highest BCUT2D eigenvalue weighted by molar-refractivity contribution is 5.93. The number of pyridine rings is 1. The summed E-state index contributed by atoms with van der Waals surface area (Å²) in [5.74, 6) is 0.896. The van der Waals surface area contributed by atoms with Crippen molar-refractivity contribution in [1.29, 1.82) is 0 Å². The average Bonchev–Trinajstić information content (AvgIpc) is 3.35. The predicted molar refractivity (Wildman–Crippen MR) is 136 cm³/mol. The lowest BCUT2D eigenvalue weighted by Crippen LogP contribution is -2.48. The van der Waals surface area contributed by atoms with Crippen molar-refractivity contribution in [2.24, 2.45) is 5.92 Å². The van der Waals surface area contributed by atoms with Crippen LogP contribution in [0.4, 0.5) is 0 Å². The highest BCUT2D eigenvalue weighted by Crippen LogP contribution is 2.22. The number of nitrogens with zero attached hydrogens (tertiary/aromatic N) is 6. The number of rotatable bonds is 8. The van der Waals surface area contributed by atoms with Gasteiger partial charge in [0.15, 0.2) is 0 Å². The lowest BCUT2D eigenvalue weighted by Gasteiger charge is -2.34. The molecular weight excluding hydrogens is 474 g/mol. The van der Waals surface area contributed by atoms with Crippen molar-refractivity contribution in [3.63, 3.8) is 0 Å². The third-order valence-corrected chi connectivity index (χ3v) is 6.33. The van der Waals surface area contributed by atoms with Gasteiger partial charge in [0.2, 0.25) is 5.82 Å². The summed E-state index contributed by atoms with van der Waals surface area (Å²) < 4.78 is 5.23. The topological polar surface area (TPSA) is 135 Å². The summed E-state index contributed by atoms with van der Waals surface area (Å²) in [7, 11) is 1.60. The van der Waals surface area contributed by atoms with Crippen LogP contribution in [-0.4, -0.2) is 72.8 Å². The fraction of sp³-hybridized carbons (Fsp3) is 0.462. The van der Waals surface area contributed by atoms with Crippen LogP contribution in [0.3, 0.4) is 0 Å². The first-order valence-electron chi connectivity index (χ1n) is 12.3. The molecule has 1 aromatic carbocycles. The number of aliphatic hydroxyl groups is 1. The minimum absolute atomic E-state index is 0.247. The molecule has 37 heavy (non-hydrogen) atoms. The Labute approximate surface area is 215 Å². The molecule has 3 heterocycles. The normalized spacial score (nSPS) is 14.5. The Bertz CT molecular complexity index is 1260. The second-order valence-electron chi connectivity index (χ2n) is 9.88. The molecule has 11 nitrogen and oxygen atoms in total. The number of aryl methyl sites for hydroxylation is 1. The second kappa shape index (κ2) is 11.0. The first kappa shape index (κ1) is 26.2. The molecule has 0 atom stereocenters. The molecule has 0 spiro atoms. The maximum absolute atomic E-state index is 12.8. The van der Waals surface area contributed by atoms with E-state index in [2.05, 4.69) is 25.7 Å². The molecule has 2 N–H and O–H groups in total. The monoisotopic (exact) mass is 507 g/mol. The van der Waals surface area contributed by atoms with Gasteiger partial charge in [-0.25, -0.2) is 4.98 Å². The van der Waals surface area contributed by atoms with E-state index in [-0.39, 0.29) is 17.5 Å². The molecule has 196 valence electrons.